The number of piperidine rings is 1. The Morgan fingerprint density at radius 2 is 1.76 bits per heavy atom. The third-order valence-corrected chi connectivity index (χ3v) is 4.87. The van der Waals surface area contributed by atoms with Gasteiger partial charge in [-0.1, -0.05) is 0 Å². The second-order valence-corrected chi connectivity index (χ2v) is 8.70. The van der Waals surface area contributed by atoms with Crippen LogP contribution in [0, 0.1) is 0 Å². The lowest BCUT2D eigenvalue weighted by Gasteiger charge is -2.46. The van der Waals surface area contributed by atoms with E-state index in [-0.39, 0.29) is 23.0 Å². The number of benzene rings is 1. The predicted octanol–water partition coefficient (Wildman–Crippen LogP) is 3.36. The molecule has 0 atom stereocenters. The molecule has 1 aromatic heterocycles. The van der Waals surface area contributed by atoms with E-state index < -0.39 is 5.97 Å². The van der Waals surface area contributed by atoms with E-state index in [9.17, 15) is 4.79 Å². The summed E-state index contributed by atoms with van der Waals surface area (Å²) in [6.07, 6.45) is 3.30. The van der Waals surface area contributed by atoms with Crippen molar-refractivity contribution in [3.8, 4) is 11.6 Å². The molecule has 0 bridgehead atoms. The molecule has 0 radical (unpaired) electrons. The molecule has 29 heavy (non-hydrogen) atoms. The van der Waals surface area contributed by atoms with Crippen LogP contribution in [-0.2, 0) is 4.74 Å². The van der Waals surface area contributed by atoms with Crippen molar-refractivity contribution in [3.63, 3.8) is 0 Å². The average molecular weight is 399 g/mol. The number of nitrogens with zero attached hydrogens (tertiary/aromatic N) is 2. The molecule has 0 amide bonds. The van der Waals surface area contributed by atoms with Gasteiger partial charge >= 0.3 is 5.97 Å². The number of nitrogens with one attached hydrogen (secondary N) is 2. The lowest BCUT2D eigenvalue weighted by molar-refractivity contribution is 0.0600. The Labute approximate surface area is 171 Å². The third kappa shape index (κ3) is 5.14. The Hall–Kier alpha value is -2.87. The first-order chi connectivity index (χ1) is 13.6. The third-order valence-electron chi connectivity index (χ3n) is 4.87. The maximum absolute atomic E-state index is 11.5. The van der Waals surface area contributed by atoms with Gasteiger partial charge in [0.25, 0.3) is 0 Å². The maximum Gasteiger partial charge on any atom is 0.337 e. The Balaban J connectivity index is 1.75. The highest BCUT2D eigenvalue weighted by Crippen LogP contribution is 2.34. The number of anilines is 2. The quantitative estimate of drug-likeness (QED) is 0.656. The number of aromatic nitrogens is 2. The minimum atomic E-state index is -0.405. The fourth-order valence-corrected chi connectivity index (χ4v) is 4.08. The average Bonchev–Trinajstić information content (AvgIpc) is 2.62. The predicted molar refractivity (Wildman–Crippen MR) is 112 cm³/mol. The molecule has 1 saturated heterocycles. The summed E-state index contributed by atoms with van der Waals surface area (Å²) in [6, 6.07) is 6.79. The minimum absolute atomic E-state index is 0.00191. The fourth-order valence-electron chi connectivity index (χ4n) is 4.08. The van der Waals surface area contributed by atoms with Gasteiger partial charge in [0.05, 0.1) is 12.7 Å². The maximum atomic E-state index is 11.5. The van der Waals surface area contributed by atoms with Gasteiger partial charge in [-0.05, 0) is 64.8 Å². The van der Waals surface area contributed by atoms with E-state index in [0.717, 1.165) is 12.8 Å². The number of rotatable bonds is 5. The molecule has 0 spiro atoms. The van der Waals surface area contributed by atoms with Crippen molar-refractivity contribution in [1.29, 1.82) is 0 Å². The number of nitrogen functional groups attached to an aromatic ring is 1. The Bertz CT molecular complexity index is 864. The molecule has 0 saturated carbocycles. The first kappa shape index (κ1) is 20.9. The standard InChI is InChI=1S/C21H29N5O3/c1-20(2)10-14(11-21(3,4)26-20)25-17-16(22)18(24-12-23-17)29-15-8-6-13(7-9-15)19(27)28-5/h6-9,12,14,26H,10-11,22H2,1-5H3,(H,23,24,25). The van der Waals surface area contributed by atoms with Crippen LogP contribution in [0.2, 0.25) is 0 Å². The molecule has 1 aliphatic heterocycles. The monoisotopic (exact) mass is 399 g/mol. The number of carbonyl (C=O) groups is 1. The van der Waals surface area contributed by atoms with Crippen molar-refractivity contribution in [2.45, 2.75) is 57.7 Å². The van der Waals surface area contributed by atoms with Crippen molar-refractivity contribution < 1.29 is 14.3 Å². The number of ether oxygens (including phenoxy) is 2. The number of nitrogens with two attached hydrogens (primary N) is 1. The van der Waals surface area contributed by atoms with Crippen LogP contribution in [0.15, 0.2) is 30.6 Å². The summed E-state index contributed by atoms with van der Waals surface area (Å²) >= 11 is 0. The van der Waals surface area contributed by atoms with Gasteiger partial charge in [0.15, 0.2) is 5.82 Å². The molecule has 4 N–H and O–H groups in total. The molecule has 8 heteroatoms. The van der Waals surface area contributed by atoms with Crippen LogP contribution in [0.25, 0.3) is 0 Å². The zero-order chi connectivity index (χ0) is 21.2. The number of hydrogen-bond acceptors (Lipinski definition) is 8. The lowest BCUT2D eigenvalue weighted by Crippen LogP contribution is -2.60. The Kier molecular flexibility index (Phi) is 5.66. The summed E-state index contributed by atoms with van der Waals surface area (Å²) in [7, 11) is 1.34. The van der Waals surface area contributed by atoms with Gasteiger partial charge in [-0.25, -0.2) is 9.78 Å². The summed E-state index contributed by atoms with van der Waals surface area (Å²) in [5.74, 6) is 0.927. The summed E-state index contributed by atoms with van der Waals surface area (Å²) in [4.78, 5) is 20.0. The first-order valence-electron chi connectivity index (χ1n) is 9.61. The molecule has 8 nitrogen and oxygen atoms in total. The van der Waals surface area contributed by atoms with E-state index in [1.807, 2.05) is 0 Å². The molecule has 1 fully saturated rings. The van der Waals surface area contributed by atoms with E-state index in [4.69, 9.17) is 15.2 Å². The zero-order valence-electron chi connectivity index (χ0n) is 17.6. The van der Waals surface area contributed by atoms with Crippen molar-refractivity contribution in [2.75, 3.05) is 18.2 Å². The highest BCUT2D eigenvalue weighted by atomic mass is 16.5. The zero-order valence-corrected chi connectivity index (χ0v) is 17.6. The van der Waals surface area contributed by atoms with Crippen LogP contribution in [-0.4, -0.2) is 40.2 Å². The lowest BCUT2D eigenvalue weighted by atomic mass is 9.79. The summed E-state index contributed by atoms with van der Waals surface area (Å²) in [6.45, 7) is 8.77. The van der Waals surface area contributed by atoms with Crippen LogP contribution >= 0.6 is 0 Å². The van der Waals surface area contributed by atoms with Crippen LogP contribution in [0.1, 0.15) is 50.9 Å². The van der Waals surface area contributed by atoms with Gasteiger partial charge in [0.1, 0.15) is 17.8 Å². The summed E-state index contributed by atoms with van der Waals surface area (Å²) in [5.41, 5.74) is 7.07. The van der Waals surface area contributed by atoms with Gasteiger partial charge in [-0.2, -0.15) is 4.98 Å². The second kappa shape index (κ2) is 7.87. The largest absolute Gasteiger partial charge is 0.465 e. The van der Waals surface area contributed by atoms with Crippen molar-refractivity contribution in [1.82, 2.24) is 15.3 Å². The van der Waals surface area contributed by atoms with E-state index in [2.05, 4.69) is 48.3 Å². The van der Waals surface area contributed by atoms with Crippen LogP contribution < -0.4 is 21.1 Å². The van der Waals surface area contributed by atoms with E-state index in [1.54, 1.807) is 24.3 Å². The smallest absolute Gasteiger partial charge is 0.337 e. The summed E-state index contributed by atoms with van der Waals surface area (Å²) < 4.78 is 10.5. The van der Waals surface area contributed by atoms with Gasteiger partial charge < -0.3 is 25.8 Å². The topological polar surface area (TPSA) is 111 Å². The number of carbonyl (C=O) groups excluding carboxylic acids is 1. The van der Waals surface area contributed by atoms with Gasteiger partial charge in [-0.15, -0.1) is 0 Å². The molecular weight excluding hydrogens is 370 g/mol. The van der Waals surface area contributed by atoms with E-state index in [1.165, 1.54) is 13.4 Å². The summed E-state index contributed by atoms with van der Waals surface area (Å²) in [5, 5.41) is 7.12. The molecule has 156 valence electrons. The minimum Gasteiger partial charge on any atom is -0.465 e. The molecule has 2 heterocycles. The van der Waals surface area contributed by atoms with E-state index >= 15 is 0 Å². The molecule has 0 aliphatic carbocycles. The first-order valence-corrected chi connectivity index (χ1v) is 9.61. The number of hydrogen-bond donors (Lipinski definition) is 3. The molecule has 1 aliphatic rings. The molecular formula is C21H29N5O3. The van der Waals surface area contributed by atoms with Gasteiger partial charge in [0.2, 0.25) is 5.88 Å². The fraction of sp³-hybridized carbons (Fsp3) is 0.476. The van der Waals surface area contributed by atoms with Crippen LogP contribution in [0.3, 0.4) is 0 Å². The van der Waals surface area contributed by atoms with Crippen LogP contribution in [0.4, 0.5) is 11.5 Å². The molecule has 1 aromatic carbocycles. The second-order valence-electron chi connectivity index (χ2n) is 8.70. The molecule has 2 aromatic rings. The Morgan fingerprint density at radius 1 is 1.14 bits per heavy atom. The van der Waals surface area contributed by atoms with Crippen LogP contribution in [0.5, 0.6) is 11.6 Å². The van der Waals surface area contributed by atoms with Gasteiger partial charge in [-0.3, -0.25) is 0 Å². The number of methoxy groups -OCH3 is 1. The van der Waals surface area contributed by atoms with Crippen molar-refractivity contribution in [2.24, 2.45) is 0 Å². The van der Waals surface area contributed by atoms with Crippen molar-refractivity contribution in [3.05, 3.63) is 36.2 Å². The Morgan fingerprint density at radius 3 is 2.34 bits per heavy atom. The van der Waals surface area contributed by atoms with Gasteiger partial charge in [0, 0.05) is 17.1 Å². The molecule has 3 rings (SSSR count). The highest BCUT2D eigenvalue weighted by Gasteiger charge is 2.38. The van der Waals surface area contributed by atoms with Crippen molar-refractivity contribution >= 4 is 17.5 Å². The van der Waals surface area contributed by atoms with E-state index in [0.29, 0.717) is 22.8 Å². The SMILES string of the molecule is COC(=O)c1ccc(Oc2ncnc(NC3CC(C)(C)NC(C)(C)C3)c2N)cc1. The number of esters is 1. The molecule has 0 unspecified atom stereocenters. The highest BCUT2D eigenvalue weighted by molar-refractivity contribution is 5.89. The normalized spacial score (nSPS) is 18.1.